The average Bonchev–Trinajstić information content (AvgIpc) is 2.84. The van der Waals surface area contributed by atoms with E-state index < -0.39 is 11.7 Å². The van der Waals surface area contributed by atoms with Crippen LogP contribution in [-0.2, 0) is 6.61 Å². The van der Waals surface area contributed by atoms with Crippen molar-refractivity contribution in [3.05, 3.63) is 52.7 Å². The zero-order chi connectivity index (χ0) is 15.4. The van der Waals surface area contributed by atoms with Gasteiger partial charge in [-0.15, -0.1) is 0 Å². The first-order chi connectivity index (χ1) is 10.0. The summed E-state index contributed by atoms with van der Waals surface area (Å²) in [7, 11) is 0. The van der Waals surface area contributed by atoms with E-state index in [0.29, 0.717) is 17.6 Å². The molecule has 0 aliphatic heterocycles. The number of nitrogens with one attached hydrogen (secondary N) is 1. The van der Waals surface area contributed by atoms with E-state index in [1.807, 2.05) is 5.43 Å². The largest absolute Gasteiger partial charge is 0.486 e. The van der Waals surface area contributed by atoms with Crippen LogP contribution < -0.4 is 16.0 Å². The van der Waals surface area contributed by atoms with E-state index in [-0.39, 0.29) is 23.7 Å². The number of hydrogen-bond acceptors (Lipinski definition) is 5. The zero-order valence-corrected chi connectivity index (χ0v) is 11.2. The molecule has 1 amide bonds. The molecule has 0 unspecified atom stereocenters. The maximum absolute atomic E-state index is 13.2. The summed E-state index contributed by atoms with van der Waals surface area (Å²) in [6, 6.07) is 5.26. The maximum atomic E-state index is 13.2. The molecule has 6 nitrogen and oxygen atoms in total. The molecule has 21 heavy (non-hydrogen) atoms. The van der Waals surface area contributed by atoms with Gasteiger partial charge in [-0.25, -0.2) is 10.2 Å². The van der Waals surface area contributed by atoms with Crippen LogP contribution in [0.15, 0.2) is 28.7 Å². The van der Waals surface area contributed by atoms with Gasteiger partial charge in [0.05, 0.1) is 0 Å². The van der Waals surface area contributed by atoms with Gasteiger partial charge < -0.3 is 9.15 Å². The van der Waals surface area contributed by atoms with Gasteiger partial charge in [0.15, 0.2) is 5.76 Å². The Morgan fingerprint density at radius 2 is 2.19 bits per heavy atom. The van der Waals surface area contributed by atoms with Crippen LogP contribution in [0.5, 0.6) is 5.75 Å². The number of carbonyl (C=O) groups excluding carboxylic acids is 2. The van der Waals surface area contributed by atoms with Crippen molar-refractivity contribution in [2.75, 3.05) is 0 Å². The van der Waals surface area contributed by atoms with Crippen LogP contribution in [0.4, 0.5) is 4.39 Å². The minimum absolute atomic E-state index is 0.0135. The number of hydrazine groups is 1. The van der Waals surface area contributed by atoms with E-state index in [9.17, 15) is 14.0 Å². The maximum Gasteiger partial charge on any atom is 0.301 e. The minimum Gasteiger partial charge on any atom is -0.486 e. The first-order valence-electron chi connectivity index (χ1n) is 6.02. The van der Waals surface area contributed by atoms with E-state index in [0.717, 1.165) is 12.1 Å². The third-order valence-corrected chi connectivity index (χ3v) is 2.72. The Labute approximate surface area is 119 Å². The smallest absolute Gasteiger partial charge is 0.301 e. The Bertz CT molecular complexity index is 682. The second-order valence-electron chi connectivity index (χ2n) is 4.33. The number of aryl methyl sites for hydroxylation is 1. The molecule has 0 bridgehead atoms. The van der Waals surface area contributed by atoms with Crippen molar-refractivity contribution < 1.29 is 23.1 Å². The summed E-state index contributed by atoms with van der Waals surface area (Å²) in [6.07, 6.45) is 0.524. The Hall–Kier alpha value is -2.67. The summed E-state index contributed by atoms with van der Waals surface area (Å²) in [5.74, 6) is 4.56. The summed E-state index contributed by atoms with van der Waals surface area (Å²) in [6.45, 7) is 1.67. The number of furan rings is 1. The lowest BCUT2D eigenvalue weighted by Crippen LogP contribution is -2.30. The molecule has 0 atom stereocenters. The quantitative estimate of drug-likeness (QED) is 0.379. The Morgan fingerprint density at radius 1 is 1.43 bits per heavy atom. The third kappa shape index (κ3) is 3.46. The number of nitrogens with two attached hydrogens (primary N) is 1. The fraction of sp³-hybridized carbons (Fsp3) is 0.143. The SMILES string of the molecule is Cc1cc(COc2cc(F)cc(C=O)c2)oc1C(=O)NN. The van der Waals surface area contributed by atoms with Crippen molar-refractivity contribution in [2.24, 2.45) is 5.84 Å². The lowest BCUT2D eigenvalue weighted by molar-refractivity contribution is 0.0920. The number of amides is 1. The van der Waals surface area contributed by atoms with Crippen molar-refractivity contribution in [3.8, 4) is 5.75 Å². The highest BCUT2D eigenvalue weighted by Gasteiger charge is 2.15. The van der Waals surface area contributed by atoms with Crippen molar-refractivity contribution in [2.45, 2.75) is 13.5 Å². The molecule has 2 rings (SSSR count). The van der Waals surface area contributed by atoms with Crippen LogP contribution in [0.1, 0.15) is 32.2 Å². The summed E-state index contributed by atoms with van der Waals surface area (Å²) in [5.41, 5.74) is 2.74. The topological polar surface area (TPSA) is 94.6 Å². The molecule has 0 spiro atoms. The van der Waals surface area contributed by atoms with Crippen LogP contribution in [0.25, 0.3) is 0 Å². The molecule has 0 saturated heterocycles. The van der Waals surface area contributed by atoms with Crippen molar-refractivity contribution >= 4 is 12.2 Å². The van der Waals surface area contributed by atoms with E-state index >= 15 is 0 Å². The number of rotatable bonds is 5. The monoisotopic (exact) mass is 292 g/mol. The van der Waals surface area contributed by atoms with Gasteiger partial charge in [0.25, 0.3) is 0 Å². The van der Waals surface area contributed by atoms with Gasteiger partial charge in [-0.1, -0.05) is 0 Å². The highest BCUT2D eigenvalue weighted by molar-refractivity contribution is 5.92. The first-order valence-corrected chi connectivity index (χ1v) is 6.02. The number of benzene rings is 1. The van der Waals surface area contributed by atoms with E-state index in [1.165, 1.54) is 6.07 Å². The van der Waals surface area contributed by atoms with E-state index in [1.54, 1.807) is 13.0 Å². The molecule has 1 aromatic heterocycles. The average molecular weight is 292 g/mol. The summed E-state index contributed by atoms with van der Waals surface area (Å²) in [5, 5.41) is 0. The number of halogens is 1. The summed E-state index contributed by atoms with van der Waals surface area (Å²) < 4.78 is 23.9. The Balaban J connectivity index is 2.11. The van der Waals surface area contributed by atoms with Gasteiger partial charge in [0.2, 0.25) is 0 Å². The standard InChI is InChI=1S/C14H13FN2O4/c1-8-2-12(21-13(8)14(19)17-16)7-20-11-4-9(6-18)3-10(15)5-11/h2-6H,7,16H2,1H3,(H,17,19). The predicted molar refractivity (Wildman–Crippen MR) is 71.2 cm³/mol. The lowest BCUT2D eigenvalue weighted by atomic mass is 10.2. The summed E-state index contributed by atoms with van der Waals surface area (Å²) in [4.78, 5) is 22.0. The predicted octanol–water partition coefficient (Wildman–Crippen LogP) is 1.72. The molecule has 0 aliphatic carbocycles. The molecular formula is C14H13FN2O4. The molecule has 2 aromatic rings. The van der Waals surface area contributed by atoms with Gasteiger partial charge in [-0.3, -0.25) is 15.0 Å². The van der Waals surface area contributed by atoms with Gasteiger partial charge in [-0.05, 0) is 25.1 Å². The van der Waals surface area contributed by atoms with E-state index in [2.05, 4.69) is 0 Å². The second kappa shape index (κ2) is 6.19. The van der Waals surface area contributed by atoms with Gasteiger partial charge >= 0.3 is 5.91 Å². The summed E-state index contributed by atoms with van der Waals surface area (Å²) >= 11 is 0. The molecule has 1 aromatic carbocycles. The van der Waals surface area contributed by atoms with Crippen LogP contribution in [0, 0.1) is 12.7 Å². The number of carbonyl (C=O) groups is 2. The Kier molecular flexibility index (Phi) is 4.34. The third-order valence-electron chi connectivity index (χ3n) is 2.72. The van der Waals surface area contributed by atoms with Crippen molar-refractivity contribution in [1.82, 2.24) is 5.43 Å². The highest BCUT2D eigenvalue weighted by atomic mass is 19.1. The number of aldehydes is 1. The van der Waals surface area contributed by atoms with E-state index in [4.69, 9.17) is 15.0 Å². The molecule has 0 aliphatic rings. The molecule has 7 heteroatoms. The molecule has 1 heterocycles. The molecule has 0 radical (unpaired) electrons. The number of hydrogen-bond donors (Lipinski definition) is 2. The van der Waals surface area contributed by atoms with Crippen LogP contribution >= 0.6 is 0 Å². The van der Waals surface area contributed by atoms with Gasteiger partial charge in [-0.2, -0.15) is 0 Å². The Morgan fingerprint density at radius 3 is 2.86 bits per heavy atom. The molecule has 0 fully saturated rings. The van der Waals surface area contributed by atoms with Crippen LogP contribution in [0.3, 0.4) is 0 Å². The fourth-order valence-electron chi connectivity index (χ4n) is 1.80. The van der Waals surface area contributed by atoms with Crippen molar-refractivity contribution in [1.29, 1.82) is 0 Å². The molecule has 3 N–H and O–H groups in total. The highest BCUT2D eigenvalue weighted by Crippen LogP contribution is 2.19. The second-order valence-corrected chi connectivity index (χ2v) is 4.33. The molecule has 0 saturated carbocycles. The first kappa shape index (κ1) is 14.7. The van der Waals surface area contributed by atoms with Crippen molar-refractivity contribution in [3.63, 3.8) is 0 Å². The number of ether oxygens (including phenoxy) is 1. The zero-order valence-electron chi connectivity index (χ0n) is 11.2. The number of nitrogen functional groups attached to an aromatic ring is 1. The van der Waals surface area contributed by atoms with Gasteiger partial charge in [0, 0.05) is 17.2 Å². The normalized spacial score (nSPS) is 10.2. The van der Waals surface area contributed by atoms with Crippen LogP contribution in [0.2, 0.25) is 0 Å². The van der Waals surface area contributed by atoms with Crippen LogP contribution in [-0.4, -0.2) is 12.2 Å². The fourth-order valence-corrected chi connectivity index (χ4v) is 1.80. The lowest BCUT2D eigenvalue weighted by Gasteiger charge is -2.05. The van der Waals surface area contributed by atoms with Gasteiger partial charge in [0.1, 0.15) is 30.2 Å². The minimum atomic E-state index is -0.576. The molecular weight excluding hydrogens is 279 g/mol. The molecule has 110 valence electrons.